The van der Waals surface area contributed by atoms with Crippen molar-refractivity contribution in [1.29, 1.82) is 0 Å². The van der Waals surface area contributed by atoms with Gasteiger partial charge in [0.15, 0.2) is 0 Å². The number of hydrogen-bond donors (Lipinski definition) is 1. The Morgan fingerprint density at radius 1 is 1.24 bits per heavy atom. The van der Waals surface area contributed by atoms with Crippen LogP contribution in [0.5, 0.6) is 0 Å². The summed E-state index contributed by atoms with van der Waals surface area (Å²) in [5.41, 5.74) is 0.243. The summed E-state index contributed by atoms with van der Waals surface area (Å²) in [5.74, 6) is 0.202. The van der Waals surface area contributed by atoms with Crippen molar-refractivity contribution in [2.24, 2.45) is 0 Å². The van der Waals surface area contributed by atoms with Crippen molar-refractivity contribution in [2.75, 3.05) is 6.54 Å². The molecule has 1 aromatic carbocycles. The fourth-order valence-electron chi connectivity index (χ4n) is 2.25. The van der Waals surface area contributed by atoms with Gasteiger partial charge in [0.1, 0.15) is 0 Å². The summed E-state index contributed by atoms with van der Waals surface area (Å²) in [7, 11) is 0. The lowest BCUT2D eigenvalue weighted by molar-refractivity contribution is -0.137. The fraction of sp³-hybridized carbons (Fsp3) is 0.538. The van der Waals surface area contributed by atoms with Crippen molar-refractivity contribution < 1.29 is 13.2 Å². The number of piperidine rings is 1. The molecule has 1 aliphatic rings. The number of rotatable bonds is 1. The van der Waals surface area contributed by atoms with Gasteiger partial charge in [-0.3, -0.25) is 0 Å². The molecule has 1 heterocycles. The van der Waals surface area contributed by atoms with Gasteiger partial charge in [-0.1, -0.05) is 18.2 Å². The predicted octanol–water partition coefficient (Wildman–Crippen LogP) is 3.56. The Hall–Kier alpha value is -1.03. The SMILES string of the molecule is CC1CCC(c2cccc(C(F)(F)F)c2)CN1. The quantitative estimate of drug-likeness (QED) is 0.795. The Morgan fingerprint density at radius 3 is 2.59 bits per heavy atom. The van der Waals surface area contributed by atoms with E-state index < -0.39 is 11.7 Å². The number of hydrogen-bond acceptors (Lipinski definition) is 1. The van der Waals surface area contributed by atoms with Gasteiger partial charge >= 0.3 is 6.18 Å². The number of alkyl halides is 3. The molecule has 1 N–H and O–H groups in total. The van der Waals surface area contributed by atoms with E-state index >= 15 is 0 Å². The summed E-state index contributed by atoms with van der Waals surface area (Å²) >= 11 is 0. The lowest BCUT2D eigenvalue weighted by Gasteiger charge is -2.28. The van der Waals surface area contributed by atoms with Gasteiger partial charge in [-0.05, 0) is 37.3 Å². The topological polar surface area (TPSA) is 12.0 Å². The van der Waals surface area contributed by atoms with Crippen molar-refractivity contribution in [3.8, 4) is 0 Å². The smallest absolute Gasteiger partial charge is 0.314 e. The average Bonchev–Trinajstić information content (AvgIpc) is 2.29. The van der Waals surface area contributed by atoms with E-state index in [-0.39, 0.29) is 5.92 Å². The first-order valence-electron chi connectivity index (χ1n) is 5.87. The van der Waals surface area contributed by atoms with Gasteiger partial charge in [-0.15, -0.1) is 0 Å². The first-order chi connectivity index (χ1) is 7.97. The summed E-state index contributed by atoms with van der Waals surface area (Å²) in [6.07, 6.45) is -2.28. The summed E-state index contributed by atoms with van der Waals surface area (Å²) in [6, 6.07) is 6.16. The minimum Gasteiger partial charge on any atom is -0.314 e. The van der Waals surface area contributed by atoms with Crippen LogP contribution >= 0.6 is 0 Å². The van der Waals surface area contributed by atoms with Crippen LogP contribution in [0.15, 0.2) is 24.3 Å². The van der Waals surface area contributed by atoms with Gasteiger partial charge in [-0.25, -0.2) is 0 Å². The zero-order valence-corrected chi connectivity index (χ0v) is 9.72. The molecule has 2 rings (SSSR count). The minimum atomic E-state index is -4.24. The molecule has 0 radical (unpaired) electrons. The van der Waals surface area contributed by atoms with E-state index in [0.29, 0.717) is 6.04 Å². The Kier molecular flexibility index (Phi) is 3.43. The Labute approximate surface area is 99.0 Å². The molecule has 1 aliphatic heterocycles. The lowest BCUT2D eigenvalue weighted by Crippen LogP contribution is -2.35. The first-order valence-corrected chi connectivity index (χ1v) is 5.87. The zero-order valence-electron chi connectivity index (χ0n) is 9.72. The molecular weight excluding hydrogens is 227 g/mol. The van der Waals surface area contributed by atoms with E-state index in [1.54, 1.807) is 6.07 Å². The largest absolute Gasteiger partial charge is 0.416 e. The maximum Gasteiger partial charge on any atom is 0.416 e. The molecule has 94 valence electrons. The number of benzene rings is 1. The van der Waals surface area contributed by atoms with Crippen LogP contribution in [0.3, 0.4) is 0 Å². The van der Waals surface area contributed by atoms with Crippen molar-refractivity contribution in [1.82, 2.24) is 5.32 Å². The highest BCUT2D eigenvalue weighted by Gasteiger charge is 2.31. The highest BCUT2D eigenvalue weighted by molar-refractivity contribution is 5.28. The zero-order chi connectivity index (χ0) is 12.5. The highest BCUT2D eigenvalue weighted by Crippen LogP contribution is 2.32. The minimum absolute atomic E-state index is 0.202. The molecule has 0 aromatic heterocycles. The van der Waals surface area contributed by atoms with E-state index in [9.17, 15) is 13.2 Å². The maximum absolute atomic E-state index is 12.6. The molecule has 0 amide bonds. The van der Waals surface area contributed by atoms with Crippen molar-refractivity contribution in [3.05, 3.63) is 35.4 Å². The molecule has 1 nitrogen and oxygen atoms in total. The van der Waals surface area contributed by atoms with Crippen LogP contribution in [0.2, 0.25) is 0 Å². The van der Waals surface area contributed by atoms with Crippen LogP contribution in [0.1, 0.15) is 36.8 Å². The molecule has 17 heavy (non-hydrogen) atoms. The lowest BCUT2D eigenvalue weighted by atomic mass is 9.88. The molecule has 0 aliphatic carbocycles. The maximum atomic E-state index is 12.6. The summed E-state index contributed by atoms with van der Waals surface area (Å²) in [5, 5.41) is 3.31. The van der Waals surface area contributed by atoms with Gasteiger partial charge < -0.3 is 5.32 Å². The second kappa shape index (κ2) is 4.69. The van der Waals surface area contributed by atoms with Gasteiger partial charge in [0.25, 0.3) is 0 Å². The molecular formula is C13H16F3N. The third-order valence-electron chi connectivity index (χ3n) is 3.35. The van der Waals surface area contributed by atoms with E-state index in [1.165, 1.54) is 12.1 Å². The van der Waals surface area contributed by atoms with Crippen molar-refractivity contribution in [3.63, 3.8) is 0 Å². The molecule has 0 spiro atoms. The Balaban J connectivity index is 2.16. The molecule has 1 aromatic rings. The second-order valence-electron chi connectivity index (χ2n) is 4.71. The molecule has 1 fully saturated rings. The van der Waals surface area contributed by atoms with Crippen LogP contribution in [0.4, 0.5) is 13.2 Å². The van der Waals surface area contributed by atoms with Gasteiger partial charge in [-0.2, -0.15) is 13.2 Å². The standard InChI is InChI=1S/C13H16F3N/c1-9-5-6-11(8-17-9)10-3-2-4-12(7-10)13(14,15)16/h2-4,7,9,11,17H,5-6,8H2,1H3. The number of halogens is 3. The number of nitrogens with one attached hydrogen (secondary N) is 1. The van der Waals surface area contributed by atoms with Gasteiger partial charge in [0.2, 0.25) is 0 Å². The summed E-state index contributed by atoms with van der Waals surface area (Å²) in [6.45, 7) is 2.87. The molecule has 0 bridgehead atoms. The van der Waals surface area contributed by atoms with E-state index in [0.717, 1.165) is 31.0 Å². The molecule has 4 heteroatoms. The monoisotopic (exact) mass is 243 g/mol. The van der Waals surface area contributed by atoms with Crippen molar-refractivity contribution in [2.45, 2.75) is 37.9 Å². The van der Waals surface area contributed by atoms with E-state index in [4.69, 9.17) is 0 Å². The fourth-order valence-corrected chi connectivity index (χ4v) is 2.25. The van der Waals surface area contributed by atoms with Crippen LogP contribution in [-0.2, 0) is 6.18 Å². The van der Waals surface area contributed by atoms with Crippen LogP contribution in [0.25, 0.3) is 0 Å². The third-order valence-corrected chi connectivity index (χ3v) is 3.35. The van der Waals surface area contributed by atoms with Crippen molar-refractivity contribution >= 4 is 0 Å². The van der Waals surface area contributed by atoms with Crippen LogP contribution in [-0.4, -0.2) is 12.6 Å². The first kappa shape index (κ1) is 12.4. The van der Waals surface area contributed by atoms with Crippen LogP contribution in [0, 0.1) is 0 Å². The Morgan fingerprint density at radius 2 is 2.00 bits per heavy atom. The van der Waals surface area contributed by atoms with E-state index in [2.05, 4.69) is 12.2 Å². The van der Waals surface area contributed by atoms with Gasteiger partial charge in [0, 0.05) is 12.6 Å². The average molecular weight is 243 g/mol. The Bertz CT molecular complexity index is 378. The third kappa shape index (κ3) is 3.00. The second-order valence-corrected chi connectivity index (χ2v) is 4.71. The molecule has 1 saturated heterocycles. The molecule has 0 saturated carbocycles. The van der Waals surface area contributed by atoms with Crippen LogP contribution < -0.4 is 5.32 Å². The van der Waals surface area contributed by atoms with Gasteiger partial charge in [0.05, 0.1) is 5.56 Å². The van der Waals surface area contributed by atoms with E-state index in [1.807, 2.05) is 0 Å². The predicted molar refractivity (Wildman–Crippen MR) is 60.9 cm³/mol. The normalized spacial score (nSPS) is 25.9. The highest BCUT2D eigenvalue weighted by atomic mass is 19.4. The molecule has 2 atom stereocenters. The summed E-state index contributed by atoms with van der Waals surface area (Å²) < 4.78 is 37.7. The summed E-state index contributed by atoms with van der Waals surface area (Å²) in [4.78, 5) is 0. The molecule has 2 unspecified atom stereocenters.